The molecule has 1 saturated carbocycles. The molecule has 0 N–H and O–H groups in total. The van der Waals surface area contributed by atoms with Gasteiger partial charge in [-0.3, -0.25) is 0 Å². The lowest BCUT2D eigenvalue weighted by atomic mass is 9.82. The minimum absolute atomic E-state index is 0.208. The van der Waals surface area contributed by atoms with Crippen LogP contribution < -0.4 is 0 Å². The van der Waals surface area contributed by atoms with Crippen molar-refractivity contribution in [2.24, 2.45) is 0 Å². The van der Waals surface area contributed by atoms with E-state index in [1.165, 1.54) is 49.3 Å². The summed E-state index contributed by atoms with van der Waals surface area (Å²) in [6.45, 7) is 3.16. The van der Waals surface area contributed by atoms with Crippen molar-refractivity contribution in [3.05, 3.63) is 35.4 Å². The number of benzene rings is 1. The van der Waals surface area contributed by atoms with Crippen molar-refractivity contribution in [3.8, 4) is 0 Å². The van der Waals surface area contributed by atoms with E-state index in [-0.39, 0.29) is 7.02 Å². The van der Waals surface area contributed by atoms with E-state index >= 15 is 0 Å². The zero-order valence-electron chi connectivity index (χ0n) is 11.9. The highest BCUT2D eigenvalue weighted by atomic mass is 127. The molecule has 0 radical (unpaired) electrons. The van der Waals surface area contributed by atoms with Gasteiger partial charge in [-0.15, -0.1) is 21.8 Å². The fraction of sp³-hybridized carbons (Fsp3) is 0.625. The highest BCUT2D eigenvalue weighted by molar-refractivity contribution is 14.1. The molecule has 0 amide bonds. The summed E-state index contributed by atoms with van der Waals surface area (Å²) in [4.78, 5) is 0. The minimum Gasteiger partial charge on any atom is -0.378 e. The van der Waals surface area contributed by atoms with Gasteiger partial charge >= 0.3 is 0 Å². The van der Waals surface area contributed by atoms with Crippen LogP contribution in [0.1, 0.15) is 49.1 Å². The van der Waals surface area contributed by atoms with Crippen LogP contribution in [0.2, 0.25) is 6.04 Å². The first-order valence-corrected chi connectivity index (χ1v) is 13.6. The van der Waals surface area contributed by atoms with E-state index in [0.717, 1.165) is 12.5 Å². The predicted molar refractivity (Wildman–Crippen MR) is 94.1 cm³/mol. The third-order valence-electron chi connectivity index (χ3n) is 4.10. The second-order valence-corrected chi connectivity index (χ2v) is 9.97. The Morgan fingerprint density at radius 3 is 2.47 bits per heavy atom. The fourth-order valence-corrected chi connectivity index (χ4v) is 4.86. The minimum atomic E-state index is 0.208. The van der Waals surface area contributed by atoms with Crippen molar-refractivity contribution in [1.82, 2.24) is 0 Å². The SMILES string of the molecule is Cc1ccc(C2CCC(OCCC[SiH2]I)CC2)cc1. The van der Waals surface area contributed by atoms with Gasteiger partial charge < -0.3 is 4.74 Å². The molecule has 0 spiro atoms. The summed E-state index contributed by atoms with van der Waals surface area (Å²) >= 11 is 2.58. The third-order valence-corrected chi connectivity index (χ3v) is 7.16. The Hall–Kier alpha value is 0.127. The van der Waals surface area contributed by atoms with Gasteiger partial charge in [-0.2, -0.15) is 0 Å². The molecular formula is C16H25IOSi. The zero-order chi connectivity index (χ0) is 13.5. The highest BCUT2D eigenvalue weighted by Gasteiger charge is 2.22. The van der Waals surface area contributed by atoms with E-state index in [2.05, 4.69) is 53.0 Å². The molecule has 0 saturated heterocycles. The molecule has 0 aliphatic heterocycles. The molecule has 3 heteroatoms. The lowest BCUT2D eigenvalue weighted by molar-refractivity contribution is 0.0252. The first-order valence-electron chi connectivity index (χ1n) is 7.53. The normalized spacial score (nSPS) is 24.1. The maximum Gasteiger partial charge on any atom is 0.0938 e. The van der Waals surface area contributed by atoms with Crippen LogP contribution in [-0.4, -0.2) is 19.7 Å². The molecule has 1 aliphatic carbocycles. The van der Waals surface area contributed by atoms with Crippen molar-refractivity contribution in [3.63, 3.8) is 0 Å². The van der Waals surface area contributed by atoms with Crippen LogP contribution in [-0.2, 0) is 4.74 Å². The largest absolute Gasteiger partial charge is 0.378 e. The molecule has 1 nitrogen and oxygen atoms in total. The Bertz CT molecular complexity index is 358. The van der Waals surface area contributed by atoms with Crippen molar-refractivity contribution >= 4 is 28.8 Å². The van der Waals surface area contributed by atoms with Crippen LogP contribution in [0.15, 0.2) is 24.3 Å². The van der Waals surface area contributed by atoms with Crippen molar-refractivity contribution in [2.75, 3.05) is 6.61 Å². The van der Waals surface area contributed by atoms with Crippen LogP contribution in [0.25, 0.3) is 0 Å². The van der Waals surface area contributed by atoms with Gasteiger partial charge in [0.05, 0.1) is 13.1 Å². The first-order chi connectivity index (χ1) is 9.29. The molecule has 0 unspecified atom stereocenters. The smallest absolute Gasteiger partial charge is 0.0938 e. The summed E-state index contributed by atoms with van der Waals surface area (Å²) in [7, 11) is 0.208. The van der Waals surface area contributed by atoms with Gasteiger partial charge in [0, 0.05) is 6.61 Å². The van der Waals surface area contributed by atoms with Crippen LogP contribution in [0, 0.1) is 6.92 Å². The molecule has 1 fully saturated rings. The second-order valence-electron chi connectivity index (χ2n) is 5.65. The van der Waals surface area contributed by atoms with Crippen molar-refractivity contribution < 1.29 is 4.74 Å². The molecule has 0 bridgehead atoms. The second kappa shape index (κ2) is 8.42. The Balaban J connectivity index is 1.71. The molecule has 1 aromatic carbocycles. The Kier molecular flexibility index (Phi) is 6.88. The maximum absolute atomic E-state index is 6.01. The molecule has 0 atom stereocenters. The van der Waals surface area contributed by atoms with E-state index in [0.29, 0.717) is 6.10 Å². The predicted octanol–water partition coefficient (Wildman–Crippen LogP) is 4.37. The lowest BCUT2D eigenvalue weighted by Crippen LogP contribution is -2.21. The van der Waals surface area contributed by atoms with Crippen LogP contribution in [0.5, 0.6) is 0 Å². The Labute approximate surface area is 132 Å². The average Bonchev–Trinajstić information content (AvgIpc) is 2.45. The number of hydrogen-bond donors (Lipinski definition) is 0. The van der Waals surface area contributed by atoms with E-state index in [4.69, 9.17) is 4.74 Å². The van der Waals surface area contributed by atoms with Crippen LogP contribution in [0.4, 0.5) is 0 Å². The molecule has 19 heavy (non-hydrogen) atoms. The number of ether oxygens (including phenoxy) is 1. The van der Waals surface area contributed by atoms with Gasteiger partial charge in [0.25, 0.3) is 0 Å². The fourth-order valence-electron chi connectivity index (χ4n) is 2.85. The standard InChI is InChI=1S/C16H25IOSi/c1-13-3-5-14(6-4-13)15-7-9-16(10-8-15)18-11-2-12-19-17/h3-6,15-16H,2,7-12,19H2,1H3. The summed E-state index contributed by atoms with van der Waals surface area (Å²) in [5, 5.41) is 0. The lowest BCUT2D eigenvalue weighted by Gasteiger charge is -2.29. The summed E-state index contributed by atoms with van der Waals surface area (Å²) in [6.07, 6.45) is 6.93. The molecular weight excluding hydrogens is 363 g/mol. The van der Waals surface area contributed by atoms with E-state index in [1.54, 1.807) is 0 Å². The van der Waals surface area contributed by atoms with Crippen molar-refractivity contribution in [1.29, 1.82) is 0 Å². The van der Waals surface area contributed by atoms with Gasteiger partial charge in [0.2, 0.25) is 0 Å². The summed E-state index contributed by atoms with van der Waals surface area (Å²) in [5.74, 6) is 0.766. The quantitative estimate of drug-likeness (QED) is 0.305. The maximum atomic E-state index is 6.01. The highest BCUT2D eigenvalue weighted by Crippen LogP contribution is 2.34. The first kappa shape index (κ1) is 15.5. The molecule has 1 aromatic rings. The third kappa shape index (κ3) is 5.19. The summed E-state index contributed by atoms with van der Waals surface area (Å²) in [6, 6.07) is 10.5. The molecule has 106 valence electrons. The van der Waals surface area contributed by atoms with E-state index in [1.807, 2.05) is 0 Å². The Morgan fingerprint density at radius 1 is 1.16 bits per heavy atom. The zero-order valence-corrected chi connectivity index (χ0v) is 15.5. The molecule has 2 rings (SSSR count). The summed E-state index contributed by atoms with van der Waals surface area (Å²) < 4.78 is 6.01. The number of aryl methyl sites for hydroxylation is 1. The number of halogens is 1. The number of hydrogen-bond acceptors (Lipinski definition) is 1. The van der Waals surface area contributed by atoms with Gasteiger partial charge in [0.1, 0.15) is 0 Å². The van der Waals surface area contributed by atoms with Gasteiger partial charge in [-0.1, -0.05) is 35.9 Å². The molecule has 0 aromatic heterocycles. The Morgan fingerprint density at radius 2 is 1.84 bits per heavy atom. The average molecular weight is 388 g/mol. The van der Waals surface area contributed by atoms with Gasteiger partial charge in [-0.25, -0.2) is 0 Å². The van der Waals surface area contributed by atoms with E-state index < -0.39 is 0 Å². The van der Waals surface area contributed by atoms with E-state index in [9.17, 15) is 0 Å². The van der Waals surface area contributed by atoms with Gasteiger partial charge in [-0.05, 0) is 50.5 Å². The monoisotopic (exact) mass is 388 g/mol. The number of rotatable bonds is 6. The van der Waals surface area contributed by atoms with Crippen LogP contribution >= 0.6 is 21.8 Å². The van der Waals surface area contributed by atoms with Gasteiger partial charge in [0.15, 0.2) is 0 Å². The molecule has 1 aliphatic rings. The van der Waals surface area contributed by atoms with Crippen molar-refractivity contribution in [2.45, 2.75) is 57.1 Å². The topological polar surface area (TPSA) is 9.23 Å². The molecule has 0 heterocycles. The summed E-state index contributed by atoms with van der Waals surface area (Å²) in [5.41, 5.74) is 2.89. The van der Waals surface area contributed by atoms with Crippen LogP contribution in [0.3, 0.4) is 0 Å².